The van der Waals surface area contributed by atoms with E-state index < -0.39 is 12.1 Å². The third-order valence-electron chi connectivity index (χ3n) is 3.80. The molecule has 1 atom stereocenters. The largest absolute Gasteiger partial charge is 0.477 e. The summed E-state index contributed by atoms with van der Waals surface area (Å²) in [7, 11) is 0. The minimum Gasteiger partial charge on any atom is -0.477 e. The molecule has 0 aliphatic heterocycles. The Morgan fingerprint density at radius 3 is 2.76 bits per heavy atom. The number of carboxylic acid groups (broad SMARTS) is 1. The first-order chi connectivity index (χ1) is 10.0. The van der Waals surface area contributed by atoms with Gasteiger partial charge in [0.25, 0.3) is 0 Å². The Kier molecular flexibility index (Phi) is 3.14. The minimum absolute atomic E-state index is 0.0911. The third kappa shape index (κ3) is 2.06. The van der Waals surface area contributed by atoms with Crippen LogP contribution in [-0.4, -0.2) is 26.2 Å². The lowest BCUT2D eigenvalue weighted by Crippen LogP contribution is -2.05. The van der Waals surface area contributed by atoms with E-state index in [0.717, 1.165) is 27.4 Å². The highest BCUT2D eigenvalue weighted by Gasteiger charge is 2.17. The maximum absolute atomic E-state index is 11.3. The summed E-state index contributed by atoms with van der Waals surface area (Å²) >= 11 is 0. The summed E-state index contributed by atoms with van der Waals surface area (Å²) in [6, 6.07) is 5.67. The number of rotatable bonds is 3. The number of pyridine rings is 1. The van der Waals surface area contributed by atoms with Gasteiger partial charge in [0.2, 0.25) is 0 Å². The molecular weight excluding hydrogens is 268 g/mol. The van der Waals surface area contributed by atoms with Crippen molar-refractivity contribution in [2.75, 3.05) is 0 Å². The Morgan fingerprint density at radius 2 is 2.14 bits per heavy atom. The number of aliphatic hydroxyl groups excluding tert-OH is 1. The Morgan fingerprint density at radius 1 is 1.38 bits per heavy atom. The molecule has 5 nitrogen and oxygen atoms in total. The van der Waals surface area contributed by atoms with Crippen molar-refractivity contribution in [2.24, 2.45) is 0 Å². The zero-order valence-electron chi connectivity index (χ0n) is 11.8. The van der Waals surface area contributed by atoms with Crippen molar-refractivity contribution >= 4 is 27.8 Å². The molecule has 5 heteroatoms. The number of aliphatic hydroxyl groups is 1. The highest BCUT2D eigenvalue weighted by molar-refractivity contribution is 6.11. The highest BCUT2D eigenvalue weighted by Crippen LogP contribution is 2.31. The van der Waals surface area contributed by atoms with E-state index in [9.17, 15) is 15.0 Å². The monoisotopic (exact) mass is 284 g/mol. The molecule has 0 amide bonds. The van der Waals surface area contributed by atoms with E-state index in [2.05, 4.69) is 9.97 Å². The molecule has 2 aromatic heterocycles. The molecule has 1 aromatic carbocycles. The van der Waals surface area contributed by atoms with Crippen molar-refractivity contribution in [3.63, 3.8) is 0 Å². The molecule has 3 N–H and O–H groups in total. The summed E-state index contributed by atoms with van der Waals surface area (Å²) in [4.78, 5) is 18.6. The fourth-order valence-corrected chi connectivity index (χ4v) is 2.77. The molecule has 0 aliphatic carbocycles. The van der Waals surface area contributed by atoms with Gasteiger partial charge in [-0.2, -0.15) is 0 Å². The maximum Gasteiger partial charge on any atom is 0.354 e. The summed E-state index contributed by atoms with van der Waals surface area (Å²) < 4.78 is 0. The molecule has 0 saturated carbocycles. The average Bonchev–Trinajstić information content (AvgIpc) is 2.83. The van der Waals surface area contributed by atoms with Crippen LogP contribution in [0, 0.1) is 0 Å². The molecule has 0 radical (unpaired) electrons. The summed E-state index contributed by atoms with van der Waals surface area (Å²) in [5.74, 6) is -1.02. The molecule has 1 unspecified atom stereocenters. The van der Waals surface area contributed by atoms with Crippen LogP contribution in [0.4, 0.5) is 0 Å². The van der Waals surface area contributed by atoms with E-state index in [1.54, 1.807) is 13.1 Å². The summed E-state index contributed by atoms with van der Waals surface area (Å²) in [6.45, 7) is 3.63. The molecule has 21 heavy (non-hydrogen) atoms. The van der Waals surface area contributed by atoms with Gasteiger partial charge in [0.05, 0.1) is 17.8 Å². The number of nitrogens with one attached hydrogen (secondary N) is 1. The second kappa shape index (κ2) is 4.86. The van der Waals surface area contributed by atoms with E-state index in [4.69, 9.17) is 0 Å². The van der Waals surface area contributed by atoms with Crippen LogP contribution in [0.5, 0.6) is 0 Å². The Bertz CT molecular complexity index is 849. The number of aryl methyl sites for hydroxylation is 1. The minimum atomic E-state index is -1.02. The van der Waals surface area contributed by atoms with Crippen molar-refractivity contribution in [1.29, 1.82) is 0 Å². The second-order valence-electron chi connectivity index (χ2n) is 5.14. The quantitative estimate of drug-likeness (QED) is 0.690. The third-order valence-corrected chi connectivity index (χ3v) is 3.80. The van der Waals surface area contributed by atoms with E-state index >= 15 is 0 Å². The summed E-state index contributed by atoms with van der Waals surface area (Å²) in [6.07, 6.45) is 1.57. The van der Waals surface area contributed by atoms with Crippen LogP contribution in [0.3, 0.4) is 0 Å². The number of aromatic nitrogens is 2. The van der Waals surface area contributed by atoms with E-state index in [1.807, 2.05) is 25.1 Å². The lowest BCUT2D eigenvalue weighted by molar-refractivity contribution is 0.0689. The zero-order valence-corrected chi connectivity index (χ0v) is 11.8. The van der Waals surface area contributed by atoms with Gasteiger partial charge in [-0.3, -0.25) is 0 Å². The number of hydrogen-bond acceptors (Lipinski definition) is 3. The number of H-pyrrole nitrogens is 1. The van der Waals surface area contributed by atoms with Crippen molar-refractivity contribution in [1.82, 2.24) is 9.97 Å². The van der Waals surface area contributed by atoms with Crippen LogP contribution in [-0.2, 0) is 6.42 Å². The van der Waals surface area contributed by atoms with Gasteiger partial charge in [-0.1, -0.05) is 13.0 Å². The van der Waals surface area contributed by atoms with Gasteiger partial charge >= 0.3 is 5.97 Å². The lowest BCUT2D eigenvalue weighted by Gasteiger charge is -2.07. The van der Waals surface area contributed by atoms with Gasteiger partial charge in [-0.05, 0) is 36.6 Å². The number of nitrogens with zero attached hydrogens (tertiary/aromatic N) is 1. The van der Waals surface area contributed by atoms with Gasteiger partial charge in [-0.25, -0.2) is 9.78 Å². The summed E-state index contributed by atoms with van der Waals surface area (Å²) in [5, 5.41) is 20.8. The molecule has 0 spiro atoms. The van der Waals surface area contributed by atoms with Gasteiger partial charge < -0.3 is 15.2 Å². The van der Waals surface area contributed by atoms with E-state index in [0.29, 0.717) is 12.0 Å². The molecule has 2 heterocycles. The van der Waals surface area contributed by atoms with Gasteiger partial charge in [-0.15, -0.1) is 0 Å². The zero-order chi connectivity index (χ0) is 15.1. The molecule has 0 saturated heterocycles. The van der Waals surface area contributed by atoms with Crippen LogP contribution in [0.25, 0.3) is 21.8 Å². The van der Waals surface area contributed by atoms with Crippen LogP contribution >= 0.6 is 0 Å². The summed E-state index contributed by atoms with van der Waals surface area (Å²) in [5.41, 5.74) is 3.34. The van der Waals surface area contributed by atoms with E-state index in [-0.39, 0.29) is 5.69 Å². The molecule has 0 aliphatic rings. The standard InChI is InChI=1S/C16H16N2O3/c1-3-10-14-11-6-9(8(2)19)4-5-12(11)18-13(14)7-17-15(10)16(20)21/h4-8,18-19H,3H2,1-2H3,(H,20,21). The fourth-order valence-electron chi connectivity index (χ4n) is 2.77. The van der Waals surface area contributed by atoms with Crippen LogP contribution < -0.4 is 0 Å². The molecular formula is C16H16N2O3. The first kappa shape index (κ1) is 13.6. The Labute approximate surface area is 121 Å². The molecule has 108 valence electrons. The lowest BCUT2D eigenvalue weighted by atomic mass is 10.0. The molecule has 3 rings (SSSR count). The first-order valence-corrected chi connectivity index (χ1v) is 6.87. The number of fused-ring (bicyclic) bond motifs is 3. The average molecular weight is 284 g/mol. The Balaban J connectivity index is 2.44. The Hall–Kier alpha value is -2.40. The van der Waals surface area contributed by atoms with Gasteiger partial charge in [0.15, 0.2) is 5.69 Å². The number of carbonyl (C=O) groups is 1. The molecule has 0 fully saturated rings. The number of aromatic carboxylic acids is 1. The fraction of sp³-hybridized carbons (Fsp3) is 0.250. The predicted molar refractivity (Wildman–Crippen MR) is 80.6 cm³/mol. The van der Waals surface area contributed by atoms with Crippen molar-refractivity contribution in [3.8, 4) is 0 Å². The highest BCUT2D eigenvalue weighted by atomic mass is 16.4. The van der Waals surface area contributed by atoms with Crippen molar-refractivity contribution in [3.05, 3.63) is 41.2 Å². The van der Waals surface area contributed by atoms with Crippen LogP contribution in [0.1, 0.15) is 41.6 Å². The predicted octanol–water partition coefficient (Wildman–Crippen LogP) is 3.03. The smallest absolute Gasteiger partial charge is 0.354 e. The van der Waals surface area contributed by atoms with Gasteiger partial charge in [0, 0.05) is 16.3 Å². The van der Waals surface area contributed by atoms with Crippen molar-refractivity contribution in [2.45, 2.75) is 26.4 Å². The molecule has 0 bridgehead atoms. The molecule has 3 aromatic rings. The van der Waals surface area contributed by atoms with E-state index in [1.165, 1.54) is 0 Å². The second-order valence-corrected chi connectivity index (χ2v) is 5.14. The normalized spacial score (nSPS) is 12.9. The number of hydrogen-bond donors (Lipinski definition) is 3. The maximum atomic E-state index is 11.3. The van der Waals surface area contributed by atoms with Crippen molar-refractivity contribution < 1.29 is 15.0 Å². The van der Waals surface area contributed by atoms with Gasteiger partial charge in [0.1, 0.15) is 0 Å². The number of aromatic amines is 1. The number of benzene rings is 1. The topological polar surface area (TPSA) is 86.2 Å². The van der Waals surface area contributed by atoms with Crippen LogP contribution in [0.2, 0.25) is 0 Å². The SMILES string of the molecule is CCc1c(C(=O)O)ncc2[nH]c3ccc(C(C)O)cc3c12. The first-order valence-electron chi connectivity index (χ1n) is 6.87. The van der Waals surface area contributed by atoms with Crippen LogP contribution in [0.15, 0.2) is 24.4 Å². The number of carboxylic acids is 1.